The molecule has 5 nitrogen and oxygen atoms in total. The quantitative estimate of drug-likeness (QED) is 0.805. The first-order valence-corrected chi connectivity index (χ1v) is 7.90. The number of thioether (sulfide) groups is 1. The van der Waals surface area contributed by atoms with Crippen molar-refractivity contribution < 1.29 is 4.79 Å². The molecule has 0 aliphatic carbocycles. The third-order valence-electron chi connectivity index (χ3n) is 3.21. The van der Waals surface area contributed by atoms with Crippen molar-refractivity contribution in [1.82, 2.24) is 20.5 Å². The molecule has 0 unspecified atom stereocenters. The minimum atomic E-state index is -0.175. The molecule has 0 spiro atoms. The number of nitrogens with one attached hydrogen (secondary N) is 2. The smallest absolute Gasteiger partial charge is 0.230 e. The van der Waals surface area contributed by atoms with Gasteiger partial charge in [-0.2, -0.15) is 0 Å². The molecule has 0 aliphatic rings. The third-order valence-corrected chi connectivity index (χ3v) is 4.05. The van der Waals surface area contributed by atoms with Gasteiger partial charge in [-0.3, -0.25) is 9.89 Å². The molecule has 0 fully saturated rings. The molecule has 0 atom stereocenters. The predicted molar refractivity (Wildman–Crippen MR) is 85.1 cm³/mol. The summed E-state index contributed by atoms with van der Waals surface area (Å²) in [5.41, 5.74) is 0.805. The van der Waals surface area contributed by atoms with E-state index in [1.54, 1.807) is 0 Å². The van der Waals surface area contributed by atoms with E-state index in [4.69, 9.17) is 0 Å². The summed E-state index contributed by atoms with van der Waals surface area (Å²) in [6, 6.07) is 9.78. The first-order chi connectivity index (χ1) is 10.00. The lowest BCUT2D eigenvalue weighted by Gasteiger charge is -2.24. The molecule has 2 rings (SSSR count). The summed E-state index contributed by atoms with van der Waals surface area (Å²) in [5, 5.41) is 10.6. The second-order valence-electron chi connectivity index (χ2n) is 5.41. The van der Waals surface area contributed by atoms with E-state index in [-0.39, 0.29) is 11.4 Å². The molecule has 6 heteroatoms. The largest absolute Gasteiger partial charge is 0.351 e. The number of nitrogens with zero attached hydrogens (tertiary/aromatic N) is 2. The molecular formula is C15H20N4OS. The van der Waals surface area contributed by atoms with Crippen LogP contribution < -0.4 is 5.32 Å². The predicted octanol–water partition coefficient (Wildman–Crippen LogP) is 2.87. The molecule has 0 radical (unpaired) electrons. The Morgan fingerprint density at radius 1 is 1.33 bits per heavy atom. The number of carbonyl (C=O) groups excluding carboxylic acids is 1. The second-order valence-corrected chi connectivity index (χ2v) is 6.35. The molecule has 1 amide bonds. The topological polar surface area (TPSA) is 70.7 Å². The van der Waals surface area contributed by atoms with Crippen LogP contribution in [0.5, 0.6) is 0 Å². The number of aromatic amines is 1. The number of amides is 1. The molecule has 0 saturated heterocycles. The Labute approximate surface area is 128 Å². The molecule has 0 aliphatic heterocycles. The molecule has 0 bridgehead atoms. The summed E-state index contributed by atoms with van der Waals surface area (Å²) in [6.07, 6.45) is 0.891. The molecule has 112 valence electrons. The van der Waals surface area contributed by atoms with Crippen molar-refractivity contribution in [2.75, 3.05) is 5.75 Å². The highest BCUT2D eigenvalue weighted by Gasteiger charge is 2.18. The third kappa shape index (κ3) is 4.60. The molecule has 21 heavy (non-hydrogen) atoms. The lowest BCUT2D eigenvalue weighted by Crippen LogP contribution is -2.43. The fraction of sp³-hybridized carbons (Fsp3) is 0.400. The van der Waals surface area contributed by atoms with E-state index < -0.39 is 0 Å². The second kappa shape index (κ2) is 6.76. The molecule has 1 aromatic heterocycles. The maximum Gasteiger partial charge on any atom is 0.230 e. The average Bonchev–Trinajstić information content (AvgIpc) is 2.95. The van der Waals surface area contributed by atoms with E-state index in [1.165, 1.54) is 11.8 Å². The van der Waals surface area contributed by atoms with Crippen molar-refractivity contribution in [2.45, 2.75) is 37.9 Å². The van der Waals surface area contributed by atoms with Crippen molar-refractivity contribution in [2.24, 2.45) is 0 Å². The van der Waals surface area contributed by atoms with Gasteiger partial charge in [0, 0.05) is 11.1 Å². The van der Waals surface area contributed by atoms with Gasteiger partial charge in [0.1, 0.15) is 0 Å². The molecule has 1 heterocycles. The van der Waals surface area contributed by atoms with Gasteiger partial charge in [0.2, 0.25) is 11.1 Å². The summed E-state index contributed by atoms with van der Waals surface area (Å²) in [4.78, 5) is 16.3. The number of aromatic nitrogens is 3. The van der Waals surface area contributed by atoms with Crippen LogP contribution >= 0.6 is 11.8 Å². The fourth-order valence-electron chi connectivity index (χ4n) is 1.67. The zero-order valence-corrected chi connectivity index (χ0v) is 13.3. The van der Waals surface area contributed by atoms with Crippen LogP contribution in [0.15, 0.2) is 35.5 Å². The van der Waals surface area contributed by atoms with Crippen LogP contribution in [0.4, 0.5) is 0 Å². The zero-order chi connectivity index (χ0) is 15.3. The standard InChI is InChI=1S/C15H20N4OS/c1-4-15(2,3)17-12(20)10-21-14-16-13(18-19-14)11-8-6-5-7-9-11/h5-9H,4,10H2,1-3H3,(H,17,20)(H,16,18,19). The molecule has 2 N–H and O–H groups in total. The normalized spacial score (nSPS) is 11.4. The highest BCUT2D eigenvalue weighted by atomic mass is 32.2. The van der Waals surface area contributed by atoms with Crippen molar-refractivity contribution in [3.63, 3.8) is 0 Å². The number of hydrogen-bond donors (Lipinski definition) is 2. The molecular weight excluding hydrogens is 284 g/mol. The van der Waals surface area contributed by atoms with Gasteiger partial charge in [-0.1, -0.05) is 49.0 Å². The van der Waals surface area contributed by atoms with E-state index in [1.807, 2.05) is 44.2 Å². The summed E-state index contributed by atoms with van der Waals surface area (Å²) < 4.78 is 0. The van der Waals surface area contributed by atoms with Crippen LogP contribution in [0.2, 0.25) is 0 Å². The first-order valence-electron chi connectivity index (χ1n) is 6.92. The van der Waals surface area contributed by atoms with Crippen LogP contribution in [0.25, 0.3) is 11.4 Å². The number of carbonyl (C=O) groups is 1. The fourth-order valence-corrected chi connectivity index (χ4v) is 2.27. The van der Waals surface area contributed by atoms with E-state index in [9.17, 15) is 4.79 Å². The van der Waals surface area contributed by atoms with Gasteiger partial charge >= 0.3 is 0 Å². The Morgan fingerprint density at radius 3 is 2.71 bits per heavy atom. The van der Waals surface area contributed by atoms with Gasteiger partial charge in [-0.15, -0.1) is 5.10 Å². The minimum Gasteiger partial charge on any atom is -0.351 e. The van der Waals surface area contributed by atoms with Gasteiger partial charge in [-0.05, 0) is 20.3 Å². The summed E-state index contributed by atoms with van der Waals surface area (Å²) in [6.45, 7) is 6.07. The van der Waals surface area contributed by atoms with Crippen molar-refractivity contribution in [3.8, 4) is 11.4 Å². The van der Waals surface area contributed by atoms with Gasteiger partial charge in [-0.25, -0.2) is 4.98 Å². The Morgan fingerprint density at radius 2 is 2.05 bits per heavy atom. The number of hydrogen-bond acceptors (Lipinski definition) is 4. The van der Waals surface area contributed by atoms with Crippen molar-refractivity contribution in [3.05, 3.63) is 30.3 Å². The SMILES string of the molecule is CCC(C)(C)NC(=O)CSc1n[nH]c(-c2ccccc2)n1. The monoisotopic (exact) mass is 304 g/mol. The first kappa shape index (κ1) is 15.6. The number of rotatable bonds is 6. The summed E-state index contributed by atoms with van der Waals surface area (Å²) >= 11 is 1.33. The average molecular weight is 304 g/mol. The summed E-state index contributed by atoms with van der Waals surface area (Å²) in [5.74, 6) is 1.03. The van der Waals surface area contributed by atoms with Crippen LogP contribution in [0.3, 0.4) is 0 Å². The molecule has 2 aromatic rings. The van der Waals surface area contributed by atoms with Gasteiger partial charge in [0.05, 0.1) is 5.75 Å². The Kier molecular flexibility index (Phi) is 5.01. The lowest BCUT2D eigenvalue weighted by molar-refractivity contribution is -0.120. The minimum absolute atomic E-state index is 0.00193. The number of benzene rings is 1. The zero-order valence-electron chi connectivity index (χ0n) is 12.5. The molecule has 0 saturated carbocycles. The lowest BCUT2D eigenvalue weighted by atomic mass is 10.0. The summed E-state index contributed by atoms with van der Waals surface area (Å²) in [7, 11) is 0. The highest BCUT2D eigenvalue weighted by molar-refractivity contribution is 7.99. The van der Waals surface area contributed by atoms with E-state index in [2.05, 4.69) is 27.4 Å². The number of H-pyrrole nitrogens is 1. The van der Waals surface area contributed by atoms with Crippen molar-refractivity contribution >= 4 is 17.7 Å². The highest BCUT2D eigenvalue weighted by Crippen LogP contribution is 2.19. The Bertz CT molecular complexity index is 595. The van der Waals surface area contributed by atoms with Gasteiger partial charge in [0.15, 0.2) is 5.82 Å². The van der Waals surface area contributed by atoms with Gasteiger partial charge in [0.25, 0.3) is 0 Å². The maximum absolute atomic E-state index is 11.9. The Balaban J connectivity index is 1.90. The van der Waals surface area contributed by atoms with Crippen LogP contribution in [-0.2, 0) is 4.79 Å². The molecule has 1 aromatic carbocycles. The van der Waals surface area contributed by atoms with Gasteiger partial charge < -0.3 is 5.32 Å². The van der Waals surface area contributed by atoms with Crippen LogP contribution in [0, 0.1) is 0 Å². The van der Waals surface area contributed by atoms with Crippen molar-refractivity contribution in [1.29, 1.82) is 0 Å². The van der Waals surface area contributed by atoms with Crippen LogP contribution in [0.1, 0.15) is 27.2 Å². The van der Waals surface area contributed by atoms with E-state index >= 15 is 0 Å². The maximum atomic E-state index is 11.9. The van der Waals surface area contributed by atoms with Crippen LogP contribution in [-0.4, -0.2) is 32.4 Å². The van der Waals surface area contributed by atoms with E-state index in [0.717, 1.165) is 12.0 Å². The Hall–Kier alpha value is -1.82. The van der Waals surface area contributed by atoms with E-state index in [0.29, 0.717) is 16.7 Å².